The van der Waals surface area contributed by atoms with Crippen molar-refractivity contribution in [2.45, 2.75) is 105 Å². The summed E-state index contributed by atoms with van der Waals surface area (Å²) in [6, 6.07) is 83.8. The predicted octanol–water partition coefficient (Wildman–Crippen LogP) is 21.0. The van der Waals surface area contributed by atoms with E-state index in [2.05, 4.69) is 316 Å². The van der Waals surface area contributed by atoms with Crippen LogP contribution in [0.1, 0.15) is 105 Å². The van der Waals surface area contributed by atoms with E-state index in [1.165, 1.54) is 122 Å². The van der Waals surface area contributed by atoms with E-state index in [4.69, 9.17) is 4.42 Å². The summed E-state index contributed by atoms with van der Waals surface area (Å²) in [5.41, 5.74) is 28.7. The van der Waals surface area contributed by atoms with E-state index in [0.29, 0.717) is 0 Å². The van der Waals surface area contributed by atoms with Crippen LogP contribution in [0.3, 0.4) is 0 Å². The van der Waals surface area contributed by atoms with E-state index in [-0.39, 0.29) is 28.4 Å². The Balaban J connectivity index is 0.972. The van der Waals surface area contributed by atoms with Gasteiger partial charge in [-0.25, -0.2) is 0 Å². The maximum atomic E-state index is 6.48. The molecule has 0 unspecified atom stereocenters. The van der Waals surface area contributed by atoms with E-state index in [0.717, 1.165) is 44.4 Å². The molecule has 5 heteroatoms. The Morgan fingerprint density at radius 2 is 0.793 bits per heavy atom. The van der Waals surface area contributed by atoms with E-state index in [1.807, 2.05) is 0 Å². The van der Waals surface area contributed by atoms with Crippen LogP contribution in [0.2, 0.25) is 0 Å². The molecule has 11 aromatic carbocycles. The summed E-state index contributed by atoms with van der Waals surface area (Å²) in [5.74, 6) is 0. The van der Waals surface area contributed by atoms with Crippen molar-refractivity contribution in [3.05, 3.63) is 241 Å². The van der Waals surface area contributed by atoms with Gasteiger partial charge in [0, 0.05) is 66.4 Å². The molecule has 5 heterocycles. The zero-order valence-corrected chi connectivity index (χ0v) is 52.1. The van der Waals surface area contributed by atoms with Crippen molar-refractivity contribution in [3.63, 3.8) is 0 Å². The fourth-order valence-electron chi connectivity index (χ4n) is 14.5. The Kier molecular flexibility index (Phi) is 11.4. The standard InChI is InChI=1S/C82H72BN3O/c1-79(2,3)55-29-34-60(35-30-55)84-71-38-31-56(80(4,5)6)48-68(71)83-67-36-26-52(50-27-37-70-65(42-50)64-21-17-20-63-61-18-13-15-22-69(61)86(70)78(63)64)44-72(67)85(59-32-24-49(25-33-59)53-40-57(81(7,8)9)47-58(41-53)82(10,11)12)74-46-54(45-73(84)77(74)83)51-28-39-76-66(43-51)62-19-14-16-23-75(62)87-76/h13-48H,1-12H3. The van der Waals surface area contributed by atoms with Gasteiger partial charge in [0.1, 0.15) is 11.2 Å². The first-order chi connectivity index (χ1) is 41.6. The Bertz CT molecular complexity index is 5110. The first kappa shape index (κ1) is 53.2. The van der Waals surface area contributed by atoms with Crippen molar-refractivity contribution in [3.8, 4) is 33.4 Å². The van der Waals surface area contributed by atoms with Gasteiger partial charge in [0.15, 0.2) is 0 Å². The van der Waals surface area contributed by atoms with Gasteiger partial charge in [-0.2, -0.15) is 0 Å². The molecular weight excluding hydrogens is 1050 g/mol. The first-order valence-corrected chi connectivity index (χ1v) is 31.2. The largest absolute Gasteiger partial charge is 0.456 e. The third kappa shape index (κ3) is 8.32. The summed E-state index contributed by atoms with van der Waals surface area (Å²) in [6.45, 7) is 27.8. The highest BCUT2D eigenvalue weighted by Crippen LogP contribution is 2.49. The number of rotatable bonds is 5. The smallest absolute Gasteiger partial charge is 0.252 e. The molecule has 87 heavy (non-hydrogen) atoms. The molecule has 2 aliphatic heterocycles. The molecule has 0 bridgehead atoms. The third-order valence-corrected chi connectivity index (χ3v) is 19.3. The van der Waals surface area contributed by atoms with E-state index in [9.17, 15) is 0 Å². The van der Waals surface area contributed by atoms with Gasteiger partial charge in [0.2, 0.25) is 0 Å². The van der Waals surface area contributed by atoms with Crippen molar-refractivity contribution in [2.75, 3.05) is 9.80 Å². The Labute approximate surface area is 511 Å². The lowest BCUT2D eigenvalue weighted by Crippen LogP contribution is -2.61. The summed E-state index contributed by atoms with van der Waals surface area (Å²) < 4.78 is 8.96. The molecule has 0 atom stereocenters. The second-order valence-electron chi connectivity index (χ2n) is 29.1. The highest BCUT2D eigenvalue weighted by molar-refractivity contribution is 7.00. The average molecular weight is 1130 g/mol. The van der Waals surface area contributed by atoms with Gasteiger partial charge < -0.3 is 18.6 Å². The predicted molar refractivity (Wildman–Crippen MR) is 374 cm³/mol. The maximum absolute atomic E-state index is 6.48. The van der Waals surface area contributed by atoms with Crippen molar-refractivity contribution in [2.24, 2.45) is 0 Å². The monoisotopic (exact) mass is 1130 g/mol. The molecule has 0 spiro atoms. The van der Waals surface area contributed by atoms with Gasteiger partial charge in [-0.1, -0.05) is 217 Å². The van der Waals surface area contributed by atoms with Crippen LogP contribution in [-0.4, -0.2) is 11.1 Å². The molecule has 0 saturated carbocycles. The van der Waals surface area contributed by atoms with Crippen LogP contribution in [0.4, 0.5) is 34.1 Å². The van der Waals surface area contributed by atoms with Gasteiger partial charge >= 0.3 is 0 Å². The molecule has 2 aliphatic rings. The van der Waals surface area contributed by atoms with Crippen LogP contribution in [0.5, 0.6) is 0 Å². The number of aromatic nitrogens is 1. The van der Waals surface area contributed by atoms with Crippen LogP contribution < -0.4 is 26.2 Å². The van der Waals surface area contributed by atoms with E-state index in [1.54, 1.807) is 0 Å². The first-order valence-electron chi connectivity index (χ1n) is 31.2. The fourth-order valence-corrected chi connectivity index (χ4v) is 14.5. The maximum Gasteiger partial charge on any atom is 0.252 e. The summed E-state index contributed by atoms with van der Waals surface area (Å²) >= 11 is 0. The molecule has 0 amide bonds. The molecule has 0 fully saturated rings. The minimum atomic E-state index is -0.0860. The lowest BCUT2D eigenvalue weighted by molar-refractivity contribution is 0.569. The number of hydrogen-bond donors (Lipinski definition) is 0. The Morgan fingerprint density at radius 3 is 1.48 bits per heavy atom. The highest BCUT2D eigenvalue weighted by Gasteiger charge is 2.44. The van der Waals surface area contributed by atoms with Crippen molar-refractivity contribution >= 4 is 117 Å². The molecule has 0 aliphatic carbocycles. The fraction of sp³-hybridized carbons (Fsp3) is 0.195. The molecule has 424 valence electrons. The number of hydrogen-bond acceptors (Lipinski definition) is 3. The zero-order chi connectivity index (χ0) is 59.8. The summed E-state index contributed by atoms with van der Waals surface area (Å²) in [5, 5.41) is 7.37. The molecule has 4 nitrogen and oxygen atoms in total. The van der Waals surface area contributed by atoms with Gasteiger partial charge in [0.25, 0.3) is 6.71 Å². The third-order valence-electron chi connectivity index (χ3n) is 19.3. The SMILES string of the molecule is CC(C)(C)c1ccc(N2c3ccc(C(C)(C)C)cc3B3c4ccc(-c5ccc6c(c5)c5cccc7c8ccccc8n6c75)cc4N(c4ccc(-c5cc(C(C)(C)C)cc(C(C)(C)C)c5)cc4)c4cc(-c5ccc6oc7ccccc7c6c5)cc2c43)cc1. The summed E-state index contributed by atoms with van der Waals surface area (Å²) in [7, 11) is 0. The minimum absolute atomic E-state index is 0.00250. The summed E-state index contributed by atoms with van der Waals surface area (Å²) in [4.78, 5) is 5.17. The average Bonchev–Trinajstić information content (AvgIpc) is 1.38. The van der Waals surface area contributed by atoms with Gasteiger partial charge in [-0.15, -0.1) is 0 Å². The van der Waals surface area contributed by atoms with Crippen molar-refractivity contribution < 1.29 is 4.42 Å². The molecule has 3 aromatic heterocycles. The second kappa shape index (κ2) is 18.6. The molecule has 0 N–H and O–H groups in total. The topological polar surface area (TPSA) is 24.0 Å². The number of nitrogens with zero attached hydrogens (tertiary/aromatic N) is 3. The Hall–Kier alpha value is -9.32. The van der Waals surface area contributed by atoms with Gasteiger partial charge in [0.05, 0.1) is 16.6 Å². The van der Waals surface area contributed by atoms with E-state index < -0.39 is 0 Å². The minimum Gasteiger partial charge on any atom is -0.456 e. The quantitative estimate of drug-likeness (QED) is 0.161. The van der Waals surface area contributed by atoms with Crippen LogP contribution in [0.25, 0.3) is 93.4 Å². The second-order valence-corrected chi connectivity index (χ2v) is 29.1. The molecule has 0 radical (unpaired) electrons. The lowest BCUT2D eigenvalue weighted by Gasteiger charge is -2.45. The van der Waals surface area contributed by atoms with Crippen LogP contribution in [-0.2, 0) is 21.7 Å². The van der Waals surface area contributed by atoms with Crippen LogP contribution in [0, 0.1) is 0 Å². The van der Waals surface area contributed by atoms with Crippen molar-refractivity contribution in [1.29, 1.82) is 0 Å². The molecule has 16 rings (SSSR count). The Morgan fingerprint density at radius 1 is 0.299 bits per heavy atom. The number of benzene rings is 11. The highest BCUT2D eigenvalue weighted by atomic mass is 16.3. The molecular formula is C82H72BN3O. The van der Waals surface area contributed by atoms with Crippen molar-refractivity contribution in [1.82, 2.24) is 4.40 Å². The van der Waals surface area contributed by atoms with E-state index >= 15 is 0 Å². The van der Waals surface area contributed by atoms with Gasteiger partial charge in [-0.05, 0) is 179 Å². The molecule has 14 aromatic rings. The number of furan rings is 1. The number of para-hydroxylation sites is 3. The molecule has 0 saturated heterocycles. The van der Waals surface area contributed by atoms with Crippen LogP contribution >= 0.6 is 0 Å². The number of anilines is 6. The zero-order valence-electron chi connectivity index (χ0n) is 52.1. The van der Waals surface area contributed by atoms with Gasteiger partial charge in [-0.3, -0.25) is 0 Å². The van der Waals surface area contributed by atoms with Crippen LogP contribution in [0.15, 0.2) is 223 Å². The summed E-state index contributed by atoms with van der Waals surface area (Å²) in [6.07, 6.45) is 0. The number of fused-ring (bicyclic) bond motifs is 13. The normalized spacial score (nSPS) is 13.7. The lowest BCUT2D eigenvalue weighted by atomic mass is 9.33.